The predicted molar refractivity (Wildman–Crippen MR) is 110 cm³/mol. The van der Waals surface area contributed by atoms with E-state index in [9.17, 15) is 0 Å². The molecule has 0 heterocycles. The highest BCUT2D eigenvalue weighted by atomic mass is 127. The highest BCUT2D eigenvalue weighted by molar-refractivity contribution is 14.0. The van der Waals surface area contributed by atoms with Crippen molar-refractivity contribution in [3.8, 4) is 11.5 Å². The summed E-state index contributed by atoms with van der Waals surface area (Å²) in [5.74, 6) is 3.32. The minimum Gasteiger partial charge on any atom is -0.493 e. The summed E-state index contributed by atoms with van der Waals surface area (Å²) < 4.78 is 10.6. The van der Waals surface area contributed by atoms with Gasteiger partial charge in [-0.2, -0.15) is 0 Å². The van der Waals surface area contributed by atoms with Gasteiger partial charge in [-0.3, -0.25) is 4.99 Å². The zero-order valence-electron chi connectivity index (χ0n) is 14.9. The largest absolute Gasteiger partial charge is 0.493 e. The molecule has 2 N–H and O–H groups in total. The number of hydrogen-bond acceptors (Lipinski definition) is 3. The number of benzene rings is 1. The highest BCUT2D eigenvalue weighted by Gasteiger charge is 2.20. The molecule has 1 aromatic carbocycles. The van der Waals surface area contributed by atoms with Gasteiger partial charge in [0.15, 0.2) is 17.5 Å². The van der Waals surface area contributed by atoms with Gasteiger partial charge in [0.1, 0.15) is 0 Å². The number of guanidine groups is 1. The van der Waals surface area contributed by atoms with Gasteiger partial charge in [-0.1, -0.05) is 6.07 Å². The maximum atomic E-state index is 5.34. The molecule has 0 radical (unpaired) electrons. The minimum atomic E-state index is 0. The summed E-state index contributed by atoms with van der Waals surface area (Å²) in [5.41, 5.74) is 1.25. The van der Waals surface area contributed by atoms with Crippen molar-refractivity contribution in [2.24, 2.45) is 10.9 Å². The molecule has 136 valence electrons. The number of nitrogens with zero attached hydrogens (tertiary/aromatic N) is 1. The summed E-state index contributed by atoms with van der Waals surface area (Å²) in [6, 6.07) is 6.10. The van der Waals surface area contributed by atoms with Crippen LogP contribution < -0.4 is 20.1 Å². The fraction of sp³-hybridized carbons (Fsp3) is 0.611. The molecule has 1 fully saturated rings. The van der Waals surface area contributed by atoms with E-state index in [-0.39, 0.29) is 24.0 Å². The van der Waals surface area contributed by atoms with E-state index in [2.05, 4.69) is 28.6 Å². The summed E-state index contributed by atoms with van der Waals surface area (Å²) in [6.45, 7) is 4.85. The van der Waals surface area contributed by atoms with Gasteiger partial charge in [0.25, 0.3) is 0 Å². The van der Waals surface area contributed by atoms with Gasteiger partial charge in [-0.05, 0) is 56.2 Å². The average Bonchev–Trinajstić information content (AvgIpc) is 3.40. The second-order valence-electron chi connectivity index (χ2n) is 5.88. The molecule has 0 aliphatic heterocycles. The summed E-state index contributed by atoms with van der Waals surface area (Å²) in [6.07, 6.45) is 4.71. The van der Waals surface area contributed by atoms with Crippen LogP contribution in [-0.4, -0.2) is 39.8 Å². The van der Waals surface area contributed by atoms with Crippen LogP contribution in [-0.2, 0) is 6.42 Å². The zero-order valence-corrected chi connectivity index (χ0v) is 17.3. The number of hydrogen-bond donors (Lipinski definition) is 2. The van der Waals surface area contributed by atoms with Gasteiger partial charge in [0, 0.05) is 19.6 Å². The molecule has 0 amide bonds. The minimum absolute atomic E-state index is 0. The molecule has 0 saturated heterocycles. The molecule has 1 aromatic rings. The maximum Gasteiger partial charge on any atom is 0.191 e. The molecule has 0 aromatic heterocycles. The van der Waals surface area contributed by atoms with Crippen LogP contribution in [0, 0.1) is 5.92 Å². The molecule has 6 heteroatoms. The van der Waals surface area contributed by atoms with Crippen LogP contribution in [0.5, 0.6) is 11.5 Å². The number of nitrogens with one attached hydrogen (secondary N) is 2. The molecular formula is C18H30IN3O2. The van der Waals surface area contributed by atoms with Crippen LogP contribution in [0.25, 0.3) is 0 Å². The quantitative estimate of drug-likeness (QED) is 0.264. The Kier molecular flexibility index (Phi) is 9.90. The van der Waals surface area contributed by atoms with Gasteiger partial charge < -0.3 is 20.1 Å². The van der Waals surface area contributed by atoms with Crippen molar-refractivity contribution >= 4 is 29.9 Å². The van der Waals surface area contributed by atoms with E-state index in [1.54, 1.807) is 14.2 Å². The van der Waals surface area contributed by atoms with Crippen LogP contribution in [0.3, 0.4) is 0 Å². The number of halogens is 1. The van der Waals surface area contributed by atoms with E-state index < -0.39 is 0 Å². The first-order chi connectivity index (χ1) is 11.3. The molecule has 1 saturated carbocycles. The first-order valence-corrected chi connectivity index (χ1v) is 8.50. The second-order valence-corrected chi connectivity index (χ2v) is 5.88. The van der Waals surface area contributed by atoms with Crippen molar-refractivity contribution in [1.82, 2.24) is 10.6 Å². The van der Waals surface area contributed by atoms with E-state index in [0.717, 1.165) is 55.9 Å². The normalized spacial score (nSPS) is 13.9. The van der Waals surface area contributed by atoms with Crippen LogP contribution >= 0.6 is 24.0 Å². The Hall–Kier alpha value is -1.18. The lowest BCUT2D eigenvalue weighted by molar-refractivity contribution is 0.354. The van der Waals surface area contributed by atoms with Crippen LogP contribution in [0.1, 0.15) is 31.7 Å². The molecule has 0 atom stereocenters. The lowest BCUT2D eigenvalue weighted by Gasteiger charge is -2.12. The van der Waals surface area contributed by atoms with Crippen molar-refractivity contribution in [3.05, 3.63) is 23.8 Å². The van der Waals surface area contributed by atoms with E-state index in [4.69, 9.17) is 9.47 Å². The van der Waals surface area contributed by atoms with E-state index in [1.165, 1.54) is 18.4 Å². The smallest absolute Gasteiger partial charge is 0.191 e. The van der Waals surface area contributed by atoms with Crippen LogP contribution in [0.4, 0.5) is 0 Å². The molecule has 1 aliphatic rings. The Morgan fingerprint density at radius 3 is 2.54 bits per heavy atom. The third-order valence-corrected chi connectivity index (χ3v) is 3.93. The Labute approximate surface area is 162 Å². The summed E-state index contributed by atoms with van der Waals surface area (Å²) in [5, 5.41) is 6.71. The fourth-order valence-corrected chi connectivity index (χ4v) is 2.40. The SMILES string of the molecule is CCNC(=NCC1CC1)NCCCc1ccc(OC)c(OC)c1.I. The number of ether oxygens (including phenoxy) is 2. The molecule has 0 bridgehead atoms. The lowest BCUT2D eigenvalue weighted by Crippen LogP contribution is -2.38. The molecule has 5 nitrogen and oxygen atoms in total. The molecule has 2 rings (SSSR count). The molecule has 24 heavy (non-hydrogen) atoms. The first kappa shape index (κ1) is 20.9. The lowest BCUT2D eigenvalue weighted by atomic mass is 10.1. The Morgan fingerprint density at radius 1 is 1.17 bits per heavy atom. The molecule has 1 aliphatic carbocycles. The predicted octanol–water partition coefficient (Wildman–Crippen LogP) is 3.22. The van der Waals surface area contributed by atoms with Gasteiger partial charge in [-0.25, -0.2) is 0 Å². The van der Waals surface area contributed by atoms with Gasteiger partial charge in [0.05, 0.1) is 14.2 Å². The van der Waals surface area contributed by atoms with E-state index in [1.807, 2.05) is 12.1 Å². The third-order valence-electron chi connectivity index (χ3n) is 3.93. The summed E-state index contributed by atoms with van der Waals surface area (Å²) >= 11 is 0. The Morgan fingerprint density at radius 2 is 1.92 bits per heavy atom. The number of rotatable bonds is 9. The Balaban J connectivity index is 0.00000288. The molecule has 0 unspecified atom stereocenters. The summed E-state index contributed by atoms with van der Waals surface area (Å²) in [4.78, 5) is 4.63. The standard InChI is InChI=1S/C18H29N3O2.HI/c1-4-19-18(21-13-15-7-8-15)20-11-5-6-14-9-10-16(22-2)17(12-14)23-3;/h9-10,12,15H,4-8,11,13H2,1-3H3,(H2,19,20,21);1H. The monoisotopic (exact) mass is 447 g/mol. The number of aryl methyl sites for hydroxylation is 1. The van der Waals surface area contributed by atoms with Gasteiger partial charge in [-0.15, -0.1) is 24.0 Å². The van der Waals surface area contributed by atoms with Crippen molar-refractivity contribution in [2.45, 2.75) is 32.6 Å². The molecular weight excluding hydrogens is 417 g/mol. The van der Waals surface area contributed by atoms with Crippen LogP contribution in [0.15, 0.2) is 23.2 Å². The third kappa shape index (κ3) is 7.15. The average molecular weight is 447 g/mol. The topological polar surface area (TPSA) is 54.9 Å². The van der Waals surface area contributed by atoms with Crippen molar-refractivity contribution in [3.63, 3.8) is 0 Å². The van der Waals surface area contributed by atoms with Gasteiger partial charge in [0.2, 0.25) is 0 Å². The second kappa shape index (κ2) is 11.4. The van der Waals surface area contributed by atoms with Crippen molar-refractivity contribution in [2.75, 3.05) is 33.9 Å². The fourth-order valence-electron chi connectivity index (χ4n) is 2.40. The van der Waals surface area contributed by atoms with E-state index >= 15 is 0 Å². The van der Waals surface area contributed by atoms with Crippen molar-refractivity contribution < 1.29 is 9.47 Å². The Bertz CT molecular complexity index is 519. The van der Waals surface area contributed by atoms with Crippen molar-refractivity contribution in [1.29, 1.82) is 0 Å². The first-order valence-electron chi connectivity index (χ1n) is 8.50. The van der Waals surface area contributed by atoms with E-state index in [0.29, 0.717) is 0 Å². The molecule has 0 spiro atoms. The highest BCUT2D eigenvalue weighted by Crippen LogP contribution is 2.29. The maximum absolute atomic E-state index is 5.34. The number of aliphatic imine (C=N–C) groups is 1. The number of methoxy groups -OCH3 is 2. The summed E-state index contributed by atoms with van der Waals surface area (Å²) in [7, 11) is 3.33. The van der Waals surface area contributed by atoms with Crippen LogP contribution in [0.2, 0.25) is 0 Å². The van der Waals surface area contributed by atoms with Gasteiger partial charge >= 0.3 is 0 Å². The zero-order chi connectivity index (χ0) is 16.5.